The molecule has 1 aliphatic heterocycles. The number of likely N-dealkylation sites (tertiary alicyclic amines) is 1. The van der Waals surface area contributed by atoms with Crippen LogP contribution >= 0.6 is 0 Å². The second-order valence-corrected chi connectivity index (χ2v) is 8.64. The Balaban J connectivity index is 1.17. The number of carbonyl (C=O) groups excluding carboxylic acids is 1. The van der Waals surface area contributed by atoms with Crippen molar-refractivity contribution < 1.29 is 13.6 Å². The summed E-state index contributed by atoms with van der Waals surface area (Å²) in [7, 11) is 0. The van der Waals surface area contributed by atoms with Crippen LogP contribution < -0.4 is 5.32 Å². The first-order valence-electron chi connectivity index (χ1n) is 10.2. The second kappa shape index (κ2) is 6.57. The monoisotopic (exact) mass is 384 g/mol. The van der Waals surface area contributed by atoms with Gasteiger partial charge in [0.1, 0.15) is 11.9 Å². The van der Waals surface area contributed by atoms with Crippen molar-refractivity contribution in [1.29, 1.82) is 0 Å². The lowest BCUT2D eigenvalue weighted by molar-refractivity contribution is -0.133. The highest BCUT2D eigenvalue weighted by molar-refractivity contribution is 5.83. The summed E-state index contributed by atoms with van der Waals surface area (Å²) in [6.07, 6.45) is 5.77. The molecule has 6 nitrogen and oxygen atoms in total. The van der Waals surface area contributed by atoms with Crippen molar-refractivity contribution in [1.82, 2.24) is 15.1 Å². The highest BCUT2D eigenvalue weighted by atomic mass is 19.1. The van der Waals surface area contributed by atoms with Gasteiger partial charge in [-0.05, 0) is 68.1 Å². The predicted octanol–water partition coefficient (Wildman–Crippen LogP) is 3.68. The molecular weight excluding hydrogens is 359 g/mol. The number of benzene rings is 1. The van der Waals surface area contributed by atoms with Crippen LogP contribution in [0.1, 0.15) is 62.3 Å². The SMILES string of the molecule is C[C@H](Nc1nnc(C2CC2c2cccc(F)c2)o1)C(=O)N1CCC2(CC1)CC2. The van der Waals surface area contributed by atoms with E-state index in [9.17, 15) is 9.18 Å². The Morgan fingerprint density at radius 3 is 2.75 bits per heavy atom. The smallest absolute Gasteiger partial charge is 0.316 e. The first-order chi connectivity index (χ1) is 13.5. The first-order valence-corrected chi connectivity index (χ1v) is 10.2. The summed E-state index contributed by atoms with van der Waals surface area (Å²) in [5.41, 5.74) is 1.51. The summed E-state index contributed by atoms with van der Waals surface area (Å²) in [6, 6.07) is 6.52. The van der Waals surface area contributed by atoms with Crippen molar-refractivity contribution in [2.45, 2.75) is 56.9 Å². The Labute approximate surface area is 163 Å². The summed E-state index contributed by atoms with van der Waals surface area (Å²) >= 11 is 0. The molecule has 2 aliphatic carbocycles. The molecule has 3 aliphatic rings. The number of amides is 1. The Bertz CT molecular complexity index is 884. The summed E-state index contributed by atoms with van der Waals surface area (Å²) in [6.45, 7) is 3.52. The van der Waals surface area contributed by atoms with E-state index in [0.29, 0.717) is 11.3 Å². The molecule has 0 radical (unpaired) electrons. The minimum absolute atomic E-state index is 0.0827. The number of anilines is 1. The van der Waals surface area contributed by atoms with E-state index in [4.69, 9.17) is 4.42 Å². The maximum Gasteiger partial charge on any atom is 0.316 e. The zero-order chi connectivity index (χ0) is 19.3. The molecule has 3 fully saturated rings. The van der Waals surface area contributed by atoms with E-state index in [1.54, 1.807) is 12.1 Å². The van der Waals surface area contributed by atoms with Crippen molar-refractivity contribution in [3.8, 4) is 0 Å². The number of hydrogen-bond acceptors (Lipinski definition) is 5. The lowest BCUT2D eigenvalue weighted by Crippen LogP contribution is -2.45. The molecule has 2 aromatic rings. The van der Waals surface area contributed by atoms with Crippen LogP contribution in [0.4, 0.5) is 10.4 Å². The van der Waals surface area contributed by atoms with Crippen molar-refractivity contribution in [2.75, 3.05) is 18.4 Å². The summed E-state index contributed by atoms with van der Waals surface area (Å²) in [5.74, 6) is 0.733. The van der Waals surface area contributed by atoms with Gasteiger partial charge in [0.2, 0.25) is 11.8 Å². The largest absolute Gasteiger partial charge is 0.408 e. The Hall–Kier alpha value is -2.44. The molecule has 1 amide bonds. The van der Waals surface area contributed by atoms with E-state index >= 15 is 0 Å². The molecule has 2 heterocycles. The molecule has 1 aromatic carbocycles. The summed E-state index contributed by atoms with van der Waals surface area (Å²) in [4.78, 5) is 14.6. The van der Waals surface area contributed by atoms with Gasteiger partial charge in [0, 0.05) is 19.0 Å². The lowest BCUT2D eigenvalue weighted by Gasteiger charge is -2.33. The van der Waals surface area contributed by atoms with Crippen LogP contribution in [0.2, 0.25) is 0 Å². The molecule has 5 rings (SSSR count). The van der Waals surface area contributed by atoms with Gasteiger partial charge < -0.3 is 14.6 Å². The fourth-order valence-electron chi connectivity index (χ4n) is 4.42. The van der Waals surface area contributed by atoms with Crippen molar-refractivity contribution in [3.63, 3.8) is 0 Å². The fourth-order valence-corrected chi connectivity index (χ4v) is 4.42. The first kappa shape index (κ1) is 17.6. The number of halogens is 1. The van der Waals surface area contributed by atoms with Crippen molar-refractivity contribution in [2.24, 2.45) is 5.41 Å². The molecule has 2 saturated carbocycles. The number of nitrogens with one attached hydrogen (secondary N) is 1. The van der Waals surface area contributed by atoms with Gasteiger partial charge in [0.15, 0.2) is 0 Å². The zero-order valence-electron chi connectivity index (χ0n) is 16.0. The number of rotatable bonds is 5. The normalized spacial score (nSPS) is 26.1. The van der Waals surface area contributed by atoms with Crippen LogP contribution in [-0.2, 0) is 4.79 Å². The number of nitrogens with zero attached hydrogens (tertiary/aromatic N) is 3. The van der Waals surface area contributed by atoms with Gasteiger partial charge in [-0.1, -0.05) is 17.2 Å². The van der Waals surface area contributed by atoms with E-state index < -0.39 is 6.04 Å². The third-order valence-corrected chi connectivity index (χ3v) is 6.63. The molecule has 28 heavy (non-hydrogen) atoms. The number of aromatic nitrogens is 2. The topological polar surface area (TPSA) is 71.3 Å². The van der Waals surface area contributed by atoms with Crippen LogP contribution in [0.5, 0.6) is 0 Å². The standard InChI is InChI=1S/C21H25FN4O2/c1-13(19(27)26-9-7-21(5-6-21)8-10-26)23-20-25-24-18(28-20)17-12-16(17)14-3-2-4-15(22)11-14/h2-4,11,13,16-17H,5-10,12H2,1H3,(H,23,25)/t13-,16?,17?/m0/s1. The number of piperidine rings is 1. The molecule has 1 aromatic heterocycles. The van der Waals surface area contributed by atoms with Gasteiger partial charge in [-0.2, -0.15) is 0 Å². The summed E-state index contributed by atoms with van der Waals surface area (Å²) < 4.78 is 19.2. The highest BCUT2D eigenvalue weighted by Gasteiger charge is 2.46. The molecule has 1 spiro atoms. The average molecular weight is 384 g/mol. The van der Waals surface area contributed by atoms with E-state index in [0.717, 1.165) is 37.9 Å². The van der Waals surface area contributed by atoms with E-state index in [-0.39, 0.29) is 29.6 Å². The van der Waals surface area contributed by atoms with Gasteiger partial charge in [-0.25, -0.2) is 4.39 Å². The second-order valence-electron chi connectivity index (χ2n) is 8.64. The minimum Gasteiger partial charge on any atom is -0.408 e. The van der Waals surface area contributed by atoms with Crippen LogP contribution in [0.15, 0.2) is 28.7 Å². The van der Waals surface area contributed by atoms with Crippen molar-refractivity contribution in [3.05, 3.63) is 41.5 Å². The molecule has 3 atom stereocenters. The van der Waals surface area contributed by atoms with Gasteiger partial charge in [0.25, 0.3) is 0 Å². The molecule has 2 unspecified atom stereocenters. The lowest BCUT2D eigenvalue weighted by atomic mass is 9.93. The van der Waals surface area contributed by atoms with Gasteiger partial charge in [0.05, 0.1) is 0 Å². The predicted molar refractivity (Wildman–Crippen MR) is 101 cm³/mol. The molecule has 1 saturated heterocycles. The van der Waals surface area contributed by atoms with E-state index in [2.05, 4.69) is 15.5 Å². The van der Waals surface area contributed by atoms with Gasteiger partial charge >= 0.3 is 6.01 Å². The number of carbonyl (C=O) groups is 1. The van der Waals surface area contributed by atoms with E-state index in [1.165, 1.54) is 18.9 Å². The van der Waals surface area contributed by atoms with Gasteiger partial charge in [-0.15, -0.1) is 5.10 Å². The fraction of sp³-hybridized carbons (Fsp3) is 0.571. The number of hydrogen-bond donors (Lipinski definition) is 1. The Morgan fingerprint density at radius 2 is 2.04 bits per heavy atom. The van der Waals surface area contributed by atoms with Crippen LogP contribution in [0, 0.1) is 11.2 Å². The minimum atomic E-state index is -0.403. The summed E-state index contributed by atoms with van der Waals surface area (Å²) in [5, 5.41) is 11.2. The van der Waals surface area contributed by atoms with Crippen LogP contribution in [-0.4, -0.2) is 40.1 Å². The maximum atomic E-state index is 13.4. The molecule has 7 heteroatoms. The van der Waals surface area contributed by atoms with Crippen molar-refractivity contribution >= 4 is 11.9 Å². The van der Waals surface area contributed by atoms with Gasteiger partial charge in [-0.3, -0.25) is 4.79 Å². The Morgan fingerprint density at radius 1 is 1.25 bits per heavy atom. The maximum absolute atomic E-state index is 13.4. The average Bonchev–Trinajstić information content (AvgIpc) is 3.61. The molecule has 0 bridgehead atoms. The quantitative estimate of drug-likeness (QED) is 0.851. The molecular formula is C21H25FN4O2. The third kappa shape index (κ3) is 3.38. The Kier molecular flexibility index (Phi) is 4.14. The zero-order valence-corrected chi connectivity index (χ0v) is 16.0. The van der Waals surface area contributed by atoms with E-state index in [1.807, 2.05) is 17.9 Å². The van der Waals surface area contributed by atoms with Crippen LogP contribution in [0.3, 0.4) is 0 Å². The van der Waals surface area contributed by atoms with Crippen LogP contribution in [0.25, 0.3) is 0 Å². The molecule has 1 N–H and O–H groups in total. The third-order valence-electron chi connectivity index (χ3n) is 6.63. The highest BCUT2D eigenvalue weighted by Crippen LogP contribution is 2.54. The molecule has 148 valence electrons.